The smallest absolute Gasteiger partial charge is 0.310 e. The molecule has 8 heteroatoms. The highest BCUT2D eigenvalue weighted by Gasteiger charge is 2.20. The number of hydrogen-bond donors (Lipinski definition) is 1. The Bertz CT molecular complexity index is 798. The lowest BCUT2D eigenvalue weighted by Gasteiger charge is -2.21. The van der Waals surface area contributed by atoms with Gasteiger partial charge in [0.2, 0.25) is 0 Å². The molecule has 0 unspecified atom stereocenters. The van der Waals surface area contributed by atoms with E-state index in [-0.39, 0.29) is 12.1 Å². The molecule has 0 saturated carbocycles. The fourth-order valence-electron chi connectivity index (χ4n) is 2.19. The predicted molar refractivity (Wildman–Crippen MR) is 89.3 cm³/mol. The van der Waals surface area contributed by atoms with Gasteiger partial charge in [-0.15, -0.1) is 0 Å². The summed E-state index contributed by atoms with van der Waals surface area (Å²) in [6, 6.07) is 7.82. The first-order chi connectivity index (χ1) is 11.3. The minimum atomic E-state index is -0.738. The molecule has 1 N–H and O–H groups in total. The van der Waals surface area contributed by atoms with Gasteiger partial charge in [0.05, 0.1) is 4.92 Å². The van der Waals surface area contributed by atoms with E-state index in [1.54, 1.807) is 19.1 Å². The Labute approximate surface area is 145 Å². The predicted octanol–water partition coefficient (Wildman–Crippen LogP) is 3.86. The number of phenolic OH excluding ortho intramolecular Hbond substituents is 1. The van der Waals surface area contributed by atoms with Crippen molar-refractivity contribution in [3.63, 3.8) is 0 Å². The van der Waals surface area contributed by atoms with E-state index in [0.717, 1.165) is 12.1 Å². The van der Waals surface area contributed by atoms with Crippen LogP contribution in [0, 0.1) is 15.9 Å². The van der Waals surface area contributed by atoms with Crippen LogP contribution in [0.4, 0.5) is 10.1 Å². The van der Waals surface area contributed by atoms with Crippen molar-refractivity contribution in [1.82, 2.24) is 4.90 Å². The Morgan fingerprint density at radius 2 is 2.04 bits per heavy atom. The quantitative estimate of drug-likeness (QED) is 0.614. The zero-order valence-electron chi connectivity index (χ0n) is 12.7. The van der Waals surface area contributed by atoms with Gasteiger partial charge in [-0.25, -0.2) is 4.39 Å². The van der Waals surface area contributed by atoms with E-state index >= 15 is 0 Å². The number of hydrogen-bond acceptors (Lipinski definition) is 4. The largest absolute Gasteiger partial charge is 0.502 e. The third-order valence-corrected chi connectivity index (χ3v) is 3.95. The Morgan fingerprint density at radius 1 is 1.33 bits per heavy atom. The molecular weight excluding hydrogens is 383 g/mol. The zero-order valence-corrected chi connectivity index (χ0v) is 14.3. The standard InChI is InChI=1S/C16H14BrFN2O4/c1-2-19(9-11-7-12(17)4-5-13(11)18)16(22)10-3-6-14(20(23)24)15(21)8-10/h3-8,21H,2,9H2,1H3. The van der Waals surface area contributed by atoms with E-state index in [2.05, 4.69) is 15.9 Å². The lowest BCUT2D eigenvalue weighted by Crippen LogP contribution is -2.30. The summed E-state index contributed by atoms with van der Waals surface area (Å²) >= 11 is 3.25. The van der Waals surface area contributed by atoms with Gasteiger partial charge in [-0.1, -0.05) is 15.9 Å². The van der Waals surface area contributed by atoms with Gasteiger partial charge in [0.15, 0.2) is 5.75 Å². The van der Waals surface area contributed by atoms with Crippen LogP contribution in [-0.4, -0.2) is 27.4 Å². The summed E-state index contributed by atoms with van der Waals surface area (Å²) in [7, 11) is 0. The molecule has 0 radical (unpaired) electrons. The lowest BCUT2D eigenvalue weighted by molar-refractivity contribution is -0.385. The first-order valence-electron chi connectivity index (χ1n) is 7.04. The van der Waals surface area contributed by atoms with Gasteiger partial charge >= 0.3 is 5.69 Å². The van der Waals surface area contributed by atoms with Crippen molar-refractivity contribution in [1.29, 1.82) is 0 Å². The summed E-state index contributed by atoms with van der Waals surface area (Å²) in [6.07, 6.45) is 0. The minimum Gasteiger partial charge on any atom is -0.502 e. The van der Waals surface area contributed by atoms with E-state index in [4.69, 9.17) is 0 Å². The van der Waals surface area contributed by atoms with Gasteiger partial charge in [0, 0.05) is 34.8 Å². The highest BCUT2D eigenvalue weighted by atomic mass is 79.9. The third-order valence-electron chi connectivity index (χ3n) is 3.46. The molecule has 6 nitrogen and oxygen atoms in total. The number of nitro groups is 1. The van der Waals surface area contributed by atoms with Crippen molar-refractivity contribution < 1.29 is 19.2 Å². The molecule has 0 heterocycles. The Hall–Kier alpha value is -2.48. The molecule has 2 aromatic carbocycles. The number of benzene rings is 2. The van der Waals surface area contributed by atoms with E-state index in [1.807, 2.05) is 0 Å². The molecular formula is C16H14BrFN2O4. The van der Waals surface area contributed by atoms with Crippen molar-refractivity contribution in [2.24, 2.45) is 0 Å². The Kier molecular flexibility index (Phi) is 5.50. The average Bonchev–Trinajstić information content (AvgIpc) is 2.54. The topological polar surface area (TPSA) is 83.7 Å². The molecule has 1 amide bonds. The molecule has 0 aliphatic heterocycles. The van der Waals surface area contributed by atoms with Crippen LogP contribution in [-0.2, 0) is 6.54 Å². The second kappa shape index (κ2) is 7.39. The van der Waals surface area contributed by atoms with Crippen LogP contribution in [0.3, 0.4) is 0 Å². The number of nitro benzene ring substituents is 1. The molecule has 126 valence electrons. The van der Waals surface area contributed by atoms with Crippen molar-refractivity contribution >= 4 is 27.5 Å². The van der Waals surface area contributed by atoms with Crippen LogP contribution < -0.4 is 0 Å². The molecule has 2 rings (SSSR count). The molecule has 0 saturated heterocycles. The number of phenols is 1. The van der Waals surface area contributed by atoms with Crippen molar-refractivity contribution in [3.05, 3.63) is 67.9 Å². The van der Waals surface area contributed by atoms with E-state index < -0.39 is 28.1 Å². The van der Waals surface area contributed by atoms with Gasteiger partial charge in [0.1, 0.15) is 5.82 Å². The van der Waals surface area contributed by atoms with Gasteiger partial charge in [0.25, 0.3) is 5.91 Å². The van der Waals surface area contributed by atoms with Crippen molar-refractivity contribution in [2.45, 2.75) is 13.5 Å². The monoisotopic (exact) mass is 396 g/mol. The zero-order chi connectivity index (χ0) is 17.9. The maximum absolute atomic E-state index is 13.9. The van der Waals surface area contributed by atoms with Crippen LogP contribution in [0.1, 0.15) is 22.8 Å². The SMILES string of the molecule is CCN(Cc1cc(Br)ccc1F)C(=O)c1ccc([N+](=O)[O-])c(O)c1. The summed E-state index contributed by atoms with van der Waals surface area (Å²) in [5.74, 6) is -1.48. The molecule has 2 aromatic rings. The average molecular weight is 397 g/mol. The van der Waals surface area contributed by atoms with Crippen LogP contribution in [0.25, 0.3) is 0 Å². The summed E-state index contributed by atoms with van der Waals surface area (Å²) in [5.41, 5.74) is -0.0475. The summed E-state index contributed by atoms with van der Waals surface area (Å²) in [4.78, 5) is 23.9. The van der Waals surface area contributed by atoms with Crippen molar-refractivity contribution in [2.75, 3.05) is 6.54 Å². The second-order valence-corrected chi connectivity index (χ2v) is 5.93. The Balaban J connectivity index is 2.27. The Morgan fingerprint density at radius 3 is 2.62 bits per heavy atom. The molecule has 0 spiro atoms. The van der Waals surface area contributed by atoms with Gasteiger partial charge in [-0.2, -0.15) is 0 Å². The van der Waals surface area contributed by atoms with E-state index in [1.165, 1.54) is 17.0 Å². The molecule has 0 atom stereocenters. The fraction of sp³-hybridized carbons (Fsp3) is 0.188. The molecule has 24 heavy (non-hydrogen) atoms. The molecule has 0 bridgehead atoms. The maximum atomic E-state index is 13.9. The molecule has 0 aliphatic rings. The second-order valence-electron chi connectivity index (χ2n) is 5.02. The normalized spacial score (nSPS) is 10.5. The van der Waals surface area contributed by atoms with Crippen LogP contribution in [0.2, 0.25) is 0 Å². The first-order valence-corrected chi connectivity index (χ1v) is 7.83. The maximum Gasteiger partial charge on any atom is 0.310 e. The summed E-state index contributed by atoms with van der Waals surface area (Å²) in [6.45, 7) is 2.08. The molecule has 0 aliphatic carbocycles. The summed E-state index contributed by atoms with van der Waals surface area (Å²) < 4.78 is 14.6. The number of amides is 1. The summed E-state index contributed by atoms with van der Waals surface area (Å²) in [5, 5.41) is 20.4. The number of carbonyl (C=O) groups excluding carboxylic acids is 1. The third kappa shape index (κ3) is 3.88. The minimum absolute atomic E-state index is 0.0400. The van der Waals surface area contributed by atoms with Gasteiger partial charge in [-0.3, -0.25) is 14.9 Å². The van der Waals surface area contributed by atoms with E-state index in [9.17, 15) is 24.4 Å². The number of aromatic hydroxyl groups is 1. The first kappa shape index (κ1) is 17.9. The number of carbonyl (C=O) groups is 1. The van der Waals surface area contributed by atoms with Gasteiger partial charge in [-0.05, 0) is 37.3 Å². The van der Waals surface area contributed by atoms with Crippen LogP contribution in [0.5, 0.6) is 5.75 Å². The molecule has 0 fully saturated rings. The fourth-order valence-corrected chi connectivity index (χ4v) is 2.60. The van der Waals surface area contributed by atoms with Crippen LogP contribution in [0.15, 0.2) is 40.9 Å². The van der Waals surface area contributed by atoms with Crippen molar-refractivity contribution in [3.8, 4) is 5.75 Å². The van der Waals surface area contributed by atoms with Crippen LogP contribution >= 0.6 is 15.9 Å². The highest BCUT2D eigenvalue weighted by molar-refractivity contribution is 9.10. The lowest BCUT2D eigenvalue weighted by atomic mass is 10.1. The number of halogens is 2. The number of rotatable bonds is 5. The number of nitrogens with zero attached hydrogens (tertiary/aromatic N) is 2. The van der Waals surface area contributed by atoms with Gasteiger partial charge < -0.3 is 10.0 Å². The highest BCUT2D eigenvalue weighted by Crippen LogP contribution is 2.27. The molecule has 0 aromatic heterocycles. The van der Waals surface area contributed by atoms with E-state index in [0.29, 0.717) is 16.6 Å².